The fraction of sp³-hybridized carbons (Fsp3) is 0.217. The van der Waals surface area contributed by atoms with E-state index in [1.165, 1.54) is 6.21 Å². The molecule has 1 heterocycles. The van der Waals surface area contributed by atoms with E-state index in [9.17, 15) is 13.2 Å². The summed E-state index contributed by atoms with van der Waals surface area (Å²) in [6.45, 7) is 5.44. The van der Waals surface area contributed by atoms with Crippen LogP contribution in [0.4, 0.5) is 5.69 Å². The van der Waals surface area contributed by atoms with Gasteiger partial charge in [-0.05, 0) is 57.2 Å². The normalized spacial score (nSPS) is 11.7. The lowest BCUT2D eigenvalue weighted by molar-refractivity contribution is -0.119. The van der Waals surface area contributed by atoms with Crippen molar-refractivity contribution >= 4 is 39.4 Å². The SMILES string of the molecule is Cc1ccc(N(CC(=O)N/N=C/c2cc(C)n(-c3cccc(Cl)c3)c2C)S(C)(=O)=O)cc1. The van der Waals surface area contributed by atoms with Crippen LogP contribution in [0.5, 0.6) is 0 Å². The van der Waals surface area contributed by atoms with E-state index >= 15 is 0 Å². The summed E-state index contributed by atoms with van der Waals surface area (Å²) in [6.07, 6.45) is 2.60. The molecule has 0 unspecified atom stereocenters. The monoisotopic (exact) mass is 472 g/mol. The molecule has 0 bridgehead atoms. The van der Waals surface area contributed by atoms with E-state index in [0.29, 0.717) is 10.7 Å². The number of rotatable bonds is 7. The lowest BCUT2D eigenvalue weighted by Crippen LogP contribution is -2.39. The number of hydrogen-bond donors (Lipinski definition) is 1. The average molecular weight is 473 g/mol. The van der Waals surface area contributed by atoms with Gasteiger partial charge in [0.2, 0.25) is 10.0 Å². The van der Waals surface area contributed by atoms with Crippen molar-refractivity contribution in [1.82, 2.24) is 9.99 Å². The molecule has 1 aromatic heterocycles. The van der Waals surface area contributed by atoms with Gasteiger partial charge in [0, 0.05) is 27.7 Å². The molecule has 3 rings (SSSR count). The first kappa shape index (κ1) is 23.6. The van der Waals surface area contributed by atoms with Gasteiger partial charge in [0.15, 0.2) is 0 Å². The zero-order chi connectivity index (χ0) is 23.5. The predicted molar refractivity (Wildman–Crippen MR) is 129 cm³/mol. The quantitative estimate of drug-likeness (QED) is 0.417. The number of anilines is 1. The second-order valence-electron chi connectivity index (χ2n) is 7.54. The molecular formula is C23H25ClN4O3S. The van der Waals surface area contributed by atoms with Gasteiger partial charge in [0.25, 0.3) is 5.91 Å². The minimum absolute atomic E-state index is 0.374. The Balaban J connectivity index is 1.73. The molecule has 0 atom stereocenters. The lowest BCUT2D eigenvalue weighted by atomic mass is 10.2. The lowest BCUT2D eigenvalue weighted by Gasteiger charge is -2.21. The van der Waals surface area contributed by atoms with Crippen molar-refractivity contribution in [1.29, 1.82) is 0 Å². The van der Waals surface area contributed by atoms with Gasteiger partial charge in [-0.25, -0.2) is 13.8 Å². The van der Waals surface area contributed by atoms with Crippen LogP contribution in [-0.2, 0) is 14.8 Å². The summed E-state index contributed by atoms with van der Waals surface area (Å²) < 4.78 is 27.5. The van der Waals surface area contributed by atoms with E-state index < -0.39 is 15.9 Å². The number of carbonyl (C=O) groups is 1. The second-order valence-corrected chi connectivity index (χ2v) is 9.88. The number of amides is 1. The minimum atomic E-state index is -3.64. The Kier molecular flexibility index (Phi) is 7.06. The third kappa shape index (κ3) is 5.57. The molecule has 7 nitrogen and oxygen atoms in total. The molecule has 3 aromatic rings. The van der Waals surface area contributed by atoms with Crippen LogP contribution in [0.2, 0.25) is 5.02 Å². The molecule has 0 spiro atoms. The number of aromatic nitrogens is 1. The standard InChI is InChI=1S/C23H25ClN4O3S/c1-16-8-10-21(11-9-16)27(32(4,30)31)15-23(29)26-25-14-19-12-17(2)28(18(19)3)22-7-5-6-20(24)13-22/h5-14H,15H2,1-4H3,(H,26,29)/b25-14+. The third-order valence-corrected chi connectivity index (χ3v) is 6.31. The van der Waals surface area contributed by atoms with Crippen molar-refractivity contribution < 1.29 is 13.2 Å². The average Bonchev–Trinajstić information content (AvgIpc) is 2.99. The highest BCUT2D eigenvalue weighted by atomic mass is 35.5. The van der Waals surface area contributed by atoms with Crippen LogP contribution in [0.25, 0.3) is 5.69 Å². The van der Waals surface area contributed by atoms with Crippen LogP contribution < -0.4 is 9.73 Å². The number of carbonyl (C=O) groups excluding carboxylic acids is 1. The van der Waals surface area contributed by atoms with Crippen LogP contribution in [0.1, 0.15) is 22.5 Å². The molecule has 0 radical (unpaired) electrons. The highest BCUT2D eigenvalue weighted by molar-refractivity contribution is 7.92. The molecular weight excluding hydrogens is 448 g/mol. The molecule has 1 amide bonds. The van der Waals surface area contributed by atoms with Gasteiger partial charge in [0.05, 0.1) is 18.2 Å². The van der Waals surface area contributed by atoms with Crippen molar-refractivity contribution in [3.63, 3.8) is 0 Å². The maximum absolute atomic E-state index is 12.4. The molecule has 0 aliphatic carbocycles. The van der Waals surface area contributed by atoms with Gasteiger partial charge in [-0.1, -0.05) is 35.4 Å². The number of hydrazone groups is 1. The number of nitrogens with one attached hydrogen (secondary N) is 1. The van der Waals surface area contributed by atoms with Crippen LogP contribution >= 0.6 is 11.6 Å². The first-order valence-electron chi connectivity index (χ1n) is 9.87. The van der Waals surface area contributed by atoms with Crippen LogP contribution in [0, 0.1) is 20.8 Å². The molecule has 0 fully saturated rings. The molecule has 32 heavy (non-hydrogen) atoms. The van der Waals surface area contributed by atoms with Gasteiger partial charge in [-0.15, -0.1) is 0 Å². The van der Waals surface area contributed by atoms with E-state index in [2.05, 4.69) is 10.5 Å². The van der Waals surface area contributed by atoms with Crippen molar-refractivity contribution in [3.05, 3.63) is 82.1 Å². The van der Waals surface area contributed by atoms with Gasteiger partial charge >= 0.3 is 0 Å². The van der Waals surface area contributed by atoms with E-state index in [4.69, 9.17) is 11.6 Å². The Morgan fingerprint density at radius 2 is 1.81 bits per heavy atom. The number of benzene rings is 2. The molecule has 0 saturated carbocycles. The topological polar surface area (TPSA) is 83.8 Å². The summed E-state index contributed by atoms with van der Waals surface area (Å²) in [6, 6.07) is 16.4. The molecule has 0 aliphatic heterocycles. The Morgan fingerprint density at radius 1 is 1.12 bits per heavy atom. The zero-order valence-corrected chi connectivity index (χ0v) is 19.9. The van der Waals surface area contributed by atoms with Crippen molar-refractivity contribution in [2.45, 2.75) is 20.8 Å². The van der Waals surface area contributed by atoms with Crippen molar-refractivity contribution in [3.8, 4) is 5.69 Å². The molecule has 9 heteroatoms. The first-order valence-corrected chi connectivity index (χ1v) is 12.1. The minimum Gasteiger partial charge on any atom is -0.318 e. The number of hydrogen-bond acceptors (Lipinski definition) is 4. The predicted octanol–water partition coefficient (Wildman–Crippen LogP) is 3.97. The van der Waals surface area contributed by atoms with E-state index in [1.807, 2.05) is 55.7 Å². The summed E-state index contributed by atoms with van der Waals surface area (Å²) in [4.78, 5) is 12.4. The van der Waals surface area contributed by atoms with Crippen LogP contribution in [0.15, 0.2) is 59.7 Å². The Morgan fingerprint density at radius 3 is 2.44 bits per heavy atom. The Labute approximate surface area is 193 Å². The van der Waals surface area contributed by atoms with Crippen LogP contribution in [-0.4, -0.2) is 37.9 Å². The maximum Gasteiger partial charge on any atom is 0.260 e. The molecule has 0 aliphatic rings. The summed E-state index contributed by atoms with van der Waals surface area (Å²) in [5.41, 5.74) is 7.49. The maximum atomic E-state index is 12.4. The van der Waals surface area contributed by atoms with E-state index in [0.717, 1.165) is 38.8 Å². The van der Waals surface area contributed by atoms with Gasteiger partial charge in [-0.2, -0.15) is 5.10 Å². The Bertz CT molecular complexity index is 1260. The van der Waals surface area contributed by atoms with Crippen molar-refractivity contribution in [2.75, 3.05) is 17.1 Å². The first-order chi connectivity index (χ1) is 15.1. The molecule has 0 saturated heterocycles. The molecule has 2 aromatic carbocycles. The summed E-state index contributed by atoms with van der Waals surface area (Å²) >= 11 is 6.12. The second kappa shape index (κ2) is 9.58. The van der Waals surface area contributed by atoms with E-state index in [-0.39, 0.29) is 6.54 Å². The summed E-state index contributed by atoms with van der Waals surface area (Å²) in [5.74, 6) is -0.545. The number of aryl methyl sites for hydroxylation is 2. The zero-order valence-electron chi connectivity index (χ0n) is 18.3. The highest BCUT2D eigenvalue weighted by Gasteiger charge is 2.20. The smallest absolute Gasteiger partial charge is 0.260 e. The third-order valence-electron chi connectivity index (χ3n) is 4.94. The number of halogens is 1. The van der Waals surface area contributed by atoms with Gasteiger partial charge in [-0.3, -0.25) is 9.10 Å². The number of sulfonamides is 1. The van der Waals surface area contributed by atoms with E-state index in [1.54, 1.807) is 24.3 Å². The van der Waals surface area contributed by atoms with Crippen LogP contribution in [0.3, 0.4) is 0 Å². The highest BCUT2D eigenvalue weighted by Crippen LogP contribution is 2.22. The summed E-state index contributed by atoms with van der Waals surface area (Å²) in [5, 5.41) is 4.67. The summed E-state index contributed by atoms with van der Waals surface area (Å²) in [7, 11) is -3.64. The fourth-order valence-corrected chi connectivity index (χ4v) is 4.42. The fourth-order valence-electron chi connectivity index (χ4n) is 3.38. The molecule has 1 N–H and O–H groups in total. The number of nitrogens with zero attached hydrogens (tertiary/aromatic N) is 3. The van der Waals surface area contributed by atoms with Crippen molar-refractivity contribution in [2.24, 2.45) is 5.10 Å². The van der Waals surface area contributed by atoms with Gasteiger partial charge in [0.1, 0.15) is 6.54 Å². The Hall–Kier alpha value is -3.10. The van der Waals surface area contributed by atoms with Gasteiger partial charge < -0.3 is 4.57 Å². The molecule has 168 valence electrons. The largest absolute Gasteiger partial charge is 0.318 e.